The zero-order valence-electron chi connectivity index (χ0n) is 9.35. The molecule has 0 amide bonds. The number of carboxylic acid groups (broad SMARTS) is 1. The van der Waals surface area contributed by atoms with E-state index in [1.54, 1.807) is 0 Å². The number of hydrogen-bond acceptors (Lipinski definition) is 3. The van der Waals surface area contributed by atoms with Gasteiger partial charge >= 0.3 is 108 Å². The summed E-state index contributed by atoms with van der Waals surface area (Å²) in [4.78, 5) is 13.6. The Balaban J connectivity index is 2.15. The fraction of sp³-hybridized carbons (Fsp3) is 0.417. The summed E-state index contributed by atoms with van der Waals surface area (Å²) >= 11 is 1.32. The first-order chi connectivity index (χ1) is 8.18. The molecule has 3 rings (SSSR count). The molecule has 2 aliphatic heterocycles. The van der Waals surface area contributed by atoms with Gasteiger partial charge in [0, 0.05) is 0 Å². The van der Waals surface area contributed by atoms with E-state index in [0.29, 0.717) is 24.0 Å². The van der Waals surface area contributed by atoms with E-state index in [-0.39, 0.29) is 0 Å². The van der Waals surface area contributed by atoms with Crippen molar-refractivity contribution in [3.05, 3.63) is 17.7 Å². The number of anilines is 1. The molecule has 2 heterocycles. The van der Waals surface area contributed by atoms with Gasteiger partial charge in [-0.25, -0.2) is 0 Å². The molecule has 5 heteroatoms. The minimum absolute atomic E-state index is 0.341. The Hall–Kier alpha value is -1.15. The van der Waals surface area contributed by atoms with Crippen LogP contribution in [0.2, 0.25) is 0 Å². The van der Waals surface area contributed by atoms with Gasteiger partial charge < -0.3 is 0 Å². The number of fused-ring (bicyclic) bond motifs is 3. The fourth-order valence-electron chi connectivity index (χ4n) is 2.69. The summed E-state index contributed by atoms with van der Waals surface area (Å²) in [6, 6.07) is 4.32. The van der Waals surface area contributed by atoms with Crippen molar-refractivity contribution in [2.75, 3.05) is 18.1 Å². The topological polar surface area (TPSA) is 49.8 Å². The van der Waals surface area contributed by atoms with Gasteiger partial charge in [-0.3, -0.25) is 0 Å². The second-order valence-electron chi connectivity index (χ2n) is 4.48. The van der Waals surface area contributed by atoms with E-state index >= 15 is 0 Å². The molecule has 1 aromatic carbocycles. The van der Waals surface area contributed by atoms with Gasteiger partial charge in [0.25, 0.3) is 0 Å². The van der Waals surface area contributed by atoms with Crippen LogP contribution in [0, 0.1) is 0 Å². The van der Waals surface area contributed by atoms with Crippen molar-refractivity contribution in [3.63, 3.8) is 0 Å². The third-order valence-corrected chi connectivity index (χ3v) is 4.50. The van der Waals surface area contributed by atoms with E-state index in [9.17, 15) is 9.90 Å². The van der Waals surface area contributed by atoms with Crippen LogP contribution >= 0.6 is 0 Å². The molecular formula is C12H14AsNO3. The Morgan fingerprint density at radius 3 is 3.12 bits per heavy atom. The minimum atomic E-state index is -0.890. The summed E-state index contributed by atoms with van der Waals surface area (Å²) in [7, 11) is 0. The molecule has 0 saturated carbocycles. The molecule has 90 valence electrons. The number of carbonyl (C=O) groups is 1. The number of rotatable bonds is 1. The third kappa shape index (κ3) is 1.62. The van der Waals surface area contributed by atoms with Crippen molar-refractivity contribution in [1.29, 1.82) is 0 Å². The Bertz CT molecular complexity index is 489. The maximum absolute atomic E-state index is 11.3. The second-order valence-corrected chi connectivity index (χ2v) is 5.79. The molecule has 1 N–H and O–H groups in total. The molecule has 2 atom stereocenters. The molecule has 1 saturated heterocycles. The zero-order chi connectivity index (χ0) is 12.0. The van der Waals surface area contributed by atoms with E-state index < -0.39 is 5.97 Å². The van der Waals surface area contributed by atoms with Crippen LogP contribution in [0.4, 0.5) is 5.69 Å². The molecular weight excluding hydrogens is 281 g/mol. The summed E-state index contributed by atoms with van der Waals surface area (Å²) < 4.78 is 6.52. The number of nitrogens with zero attached hydrogens (tertiary/aromatic N) is 1. The van der Waals surface area contributed by atoms with Crippen LogP contribution in [0.3, 0.4) is 0 Å². The molecule has 0 aliphatic carbocycles. The molecule has 17 heavy (non-hydrogen) atoms. The molecule has 1 aromatic rings. The van der Waals surface area contributed by atoms with E-state index in [4.69, 9.17) is 4.74 Å². The molecule has 1 fully saturated rings. The average molecular weight is 295 g/mol. The van der Waals surface area contributed by atoms with E-state index in [0.717, 1.165) is 29.4 Å². The van der Waals surface area contributed by atoms with Crippen LogP contribution in [0.1, 0.15) is 23.2 Å². The normalized spacial score (nSPS) is 21.7. The van der Waals surface area contributed by atoms with Crippen molar-refractivity contribution in [2.24, 2.45) is 0 Å². The van der Waals surface area contributed by atoms with Gasteiger partial charge in [0.1, 0.15) is 0 Å². The number of hydrogen-bond donors (Lipinski definition) is 1. The molecule has 2 aliphatic rings. The van der Waals surface area contributed by atoms with E-state index in [1.165, 1.54) is 16.9 Å². The van der Waals surface area contributed by atoms with Crippen LogP contribution < -0.4 is 14.0 Å². The van der Waals surface area contributed by atoms with Gasteiger partial charge in [-0.1, -0.05) is 0 Å². The van der Waals surface area contributed by atoms with Gasteiger partial charge in [0.2, 0.25) is 0 Å². The fourth-order valence-corrected chi connectivity index (χ4v) is 3.42. The van der Waals surface area contributed by atoms with Crippen molar-refractivity contribution in [3.8, 4) is 5.75 Å². The number of ether oxygens (including phenoxy) is 1. The van der Waals surface area contributed by atoms with Gasteiger partial charge in [-0.15, -0.1) is 0 Å². The van der Waals surface area contributed by atoms with Gasteiger partial charge in [0.05, 0.1) is 0 Å². The molecule has 1 unspecified atom stereocenters. The second kappa shape index (κ2) is 3.95. The predicted molar refractivity (Wildman–Crippen MR) is 67.4 cm³/mol. The molecule has 0 aromatic heterocycles. The SMILES string of the molecule is O=C(O)c1c([AsH2])ccc2c1OC[C@H]1CCCN21. The van der Waals surface area contributed by atoms with Gasteiger partial charge in [0.15, 0.2) is 0 Å². The molecule has 4 nitrogen and oxygen atoms in total. The first-order valence-electron chi connectivity index (χ1n) is 5.73. The van der Waals surface area contributed by atoms with Gasteiger partial charge in [-0.05, 0) is 0 Å². The number of carboxylic acids is 1. The average Bonchev–Trinajstić information content (AvgIpc) is 2.75. The van der Waals surface area contributed by atoms with Crippen LogP contribution in [-0.4, -0.2) is 47.1 Å². The number of benzene rings is 1. The van der Waals surface area contributed by atoms with E-state index in [1.807, 2.05) is 12.1 Å². The molecule has 0 radical (unpaired) electrons. The Kier molecular flexibility index (Phi) is 2.55. The first-order valence-corrected chi connectivity index (χ1v) is 6.95. The van der Waals surface area contributed by atoms with Crippen LogP contribution in [0.5, 0.6) is 5.75 Å². The van der Waals surface area contributed by atoms with Crippen molar-refractivity contribution < 1.29 is 14.6 Å². The van der Waals surface area contributed by atoms with Crippen molar-refractivity contribution >= 4 is 32.9 Å². The Morgan fingerprint density at radius 2 is 2.35 bits per heavy atom. The standard InChI is InChI=1S/C12H14AsNO3/c13-8-3-4-9-11(10(8)12(15)16)17-6-7-2-1-5-14(7)9/h3-4,7H,1-2,5-6,13H2,(H,15,16)/t7-/m1/s1. The Labute approximate surface area is 108 Å². The molecule has 0 bridgehead atoms. The van der Waals surface area contributed by atoms with Crippen LogP contribution in [-0.2, 0) is 0 Å². The summed E-state index contributed by atoms with van der Waals surface area (Å²) in [5, 5.41) is 9.27. The summed E-state index contributed by atoms with van der Waals surface area (Å²) in [6.07, 6.45) is 2.30. The summed E-state index contributed by atoms with van der Waals surface area (Å²) in [5.74, 6) is -0.323. The monoisotopic (exact) mass is 295 g/mol. The predicted octanol–water partition coefficient (Wildman–Crippen LogP) is 0.00440. The summed E-state index contributed by atoms with van der Waals surface area (Å²) in [6.45, 7) is 1.62. The van der Waals surface area contributed by atoms with Crippen molar-refractivity contribution in [2.45, 2.75) is 18.9 Å². The number of aromatic carboxylic acids is 1. The molecule has 0 spiro atoms. The van der Waals surface area contributed by atoms with Crippen molar-refractivity contribution in [1.82, 2.24) is 0 Å². The van der Waals surface area contributed by atoms with Crippen LogP contribution in [0.25, 0.3) is 0 Å². The Morgan fingerprint density at radius 1 is 1.53 bits per heavy atom. The van der Waals surface area contributed by atoms with E-state index in [2.05, 4.69) is 4.90 Å². The quantitative estimate of drug-likeness (QED) is 0.741. The summed E-state index contributed by atoms with van der Waals surface area (Å²) in [5.41, 5.74) is 1.30. The maximum atomic E-state index is 11.3. The zero-order valence-corrected chi connectivity index (χ0v) is 11.8. The van der Waals surface area contributed by atoms with Gasteiger partial charge in [-0.2, -0.15) is 0 Å². The third-order valence-electron chi connectivity index (χ3n) is 3.49. The first kappa shape index (κ1) is 11.0. The van der Waals surface area contributed by atoms with Crippen LogP contribution in [0.15, 0.2) is 12.1 Å².